The third kappa shape index (κ3) is 4.05. The average Bonchev–Trinajstić information content (AvgIpc) is 3.05. The Morgan fingerprint density at radius 3 is 2.70 bits per heavy atom. The van der Waals surface area contributed by atoms with Crippen LogP contribution in [0.5, 0.6) is 5.75 Å². The highest BCUT2D eigenvalue weighted by Crippen LogP contribution is 2.32. The molecule has 0 bridgehead atoms. The monoisotopic (exact) mass is 365 g/mol. The molecule has 142 valence electrons. The first-order valence-corrected chi connectivity index (χ1v) is 9.59. The number of hydrogen-bond donors (Lipinski definition) is 0. The summed E-state index contributed by atoms with van der Waals surface area (Å²) in [5.74, 6) is 0.121. The molecule has 2 aromatic carbocycles. The molecule has 0 spiro atoms. The number of esters is 1. The molecule has 27 heavy (non-hydrogen) atoms. The van der Waals surface area contributed by atoms with Crippen LogP contribution in [0, 0.1) is 19.8 Å². The highest BCUT2D eigenvalue weighted by Gasteiger charge is 2.37. The van der Waals surface area contributed by atoms with Gasteiger partial charge in [0.25, 0.3) is 0 Å². The molecular formula is C23H27NO3. The van der Waals surface area contributed by atoms with Gasteiger partial charge in [-0.2, -0.15) is 0 Å². The van der Waals surface area contributed by atoms with Gasteiger partial charge in [-0.1, -0.05) is 44.2 Å². The van der Waals surface area contributed by atoms with Crippen LogP contribution in [0.2, 0.25) is 0 Å². The largest absolute Gasteiger partial charge is 0.426 e. The summed E-state index contributed by atoms with van der Waals surface area (Å²) < 4.78 is 5.72. The van der Waals surface area contributed by atoms with Crippen LogP contribution < -0.4 is 9.64 Å². The molecule has 0 aromatic heterocycles. The minimum Gasteiger partial charge on any atom is -0.426 e. The number of aryl methyl sites for hydroxylation is 2. The molecule has 0 unspecified atom stereocenters. The lowest BCUT2D eigenvalue weighted by Gasteiger charge is -2.20. The maximum atomic E-state index is 12.8. The van der Waals surface area contributed by atoms with Gasteiger partial charge in [-0.25, -0.2) is 0 Å². The Labute approximate surface area is 161 Å². The van der Waals surface area contributed by atoms with Gasteiger partial charge in [0.15, 0.2) is 0 Å². The van der Waals surface area contributed by atoms with E-state index in [9.17, 15) is 9.59 Å². The number of para-hydroxylation sites is 1. The summed E-state index contributed by atoms with van der Waals surface area (Å²) in [6, 6.07) is 13.7. The quantitative estimate of drug-likeness (QED) is 0.566. The zero-order valence-electron chi connectivity index (χ0n) is 16.5. The molecule has 1 saturated heterocycles. The van der Waals surface area contributed by atoms with E-state index >= 15 is 0 Å². The van der Waals surface area contributed by atoms with Crippen molar-refractivity contribution in [3.05, 3.63) is 59.2 Å². The molecule has 1 heterocycles. The first-order valence-electron chi connectivity index (χ1n) is 9.59. The highest BCUT2D eigenvalue weighted by atomic mass is 16.5. The highest BCUT2D eigenvalue weighted by molar-refractivity contribution is 6.00. The van der Waals surface area contributed by atoms with Crippen molar-refractivity contribution in [1.82, 2.24) is 0 Å². The Morgan fingerprint density at radius 2 is 1.96 bits per heavy atom. The zero-order valence-corrected chi connectivity index (χ0v) is 16.5. The summed E-state index contributed by atoms with van der Waals surface area (Å²) in [5, 5.41) is 0. The summed E-state index contributed by atoms with van der Waals surface area (Å²) in [6.45, 7) is 8.58. The first-order chi connectivity index (χ1) is 12.9. The molecule has 0 saturated carbocycles. The number of ether oxygens (including phenoxy) is 1. The fourth-order valence-corrected chi connectivity index (χ4v) is 3.50. The second-order valence-electron chi connectivity index (χ2n) is 7.46. The fourth-order valence-electron chi connectivity index (χ4n) is 3.50. The zero-order chi connectivity index (χ0) is 19.6. The number of benzene rings is 2. The molecule has 1 aliphatic rings. The van der Waals surface area contributed by atoms with E-state index < -0.39 is 5.92 Å². The van der Waals surface area contributed by atoms with E-state index in [1.165, 1.54) is 0 Å². The number of rotatable bonds is 5. The second-order valence-corrected chi connectivity index (χ2v) is 7.46. The van der Waals surface area contributed by atoms with Gasteiger partial charge in [-0.15, -0.1) is 0 Å². The summed E-state index contributed by atoms with van der Waals surface area (Å²) in [5.41, 5.74) is 4.04. The van der Waals surface area contributed by atoms with Crippen LogP contribution in [-0.2, 0) is 9.59 Å². The van der Waals surface area contributed by atoms with E-state index in [-0.39, 0.29) is 18.3 Å². The number of nitrogens with zero attached hydrogens (tertiary/aromatic N) is 1. The van der Waals surface area contributed by atoms with Gasteiger partial charge >= 0.3 is 5.97 Å². The lowest BCUT2D eigenvalue weighted by Crippen LogP contribution is -2.28. The second kappa shape index (κ2) is 7.95. The molecule has 2 aromatic rings. The van der Waals surface area contributed by atoms with E-state index in [1.54, 1.807) is 4.90 Å². The number of amides is 1. The maximum absolute atomic E-state index is 12.8. The van der Waals surface area contributed by atoms with Gasteiger partial charge in [-0.3, -0.25) is 9.59 Å². The van der Waals surface area contributed by atoms with Crippen molar-refractivity contribution in [2.75, 3.05) is 11.4 Å². The molecular weight excluding hydrogens is 338 g/mol. The third-order valence-corrected chi connectivity index (χ3v) is 5.39. The normalized spacial score (nSPS) is 17.9. The van der Waals surface area contributed by atoms with Crippen molar-refractivity contribution < 1.29 is 14.3 Å². The molecule has 2 atom stereocenters. The van der Waals surface area contributed by atoms with Crippen LogP contribution in [-0.4, -0.2) is 18.4 Å². The maximum Gasteiger partial charge on any atom is 0.316 e. The third-order valence-electron chi connectivity index (χ3n) is 5.39. The molecule has 4 nitrogen and oxygen atoms in total. The first kappa shape index (κ1) is 19.2. The molecule has 1 aliphatic heterocycles. The Kier molecular flexibility index (Phi) is 5.64. The topological polar surface area (TPSA) is 46.6 Å². The minimum absolute atomic E-state index is 0.0270. The molecule has 3 rings (SSSR count). The van der Waals surface area contributed by atoms with Crippen LogP contribution >= 0.6 is 0 Å². The number of carbonyl (C=O) groups is 2. The number of carbonyl (C=O) groups excluding carboxylic acids is 2. The average molecular weight is 365 g/mol. The van der Waals surface area contributed by atoms with Crippen LogP contribution in [0.3, 0.4) is 0 Å². The molecule has 0 radical (unpaired) electrons. The van der Waals surface area contributed by atoms with Gasteiger partial charge in [-0.05, 0) is 55.0 Å². The van der Waals surface area contributed by atoms with Crippen LogP contribution in [0.15, 0.2) is 42.5 Å². The Hall–Kier alpha value is -2.62. The van der Waals surface area contributed by atoms with Crippen LogP contribution in [0.4, 0.5) is 5.69 Å². The van der Waals surface area contributed by atoms with Gasteiger partial charge in [0, 0.05) is 18.7 Å². The van der Waals surface area contributed by atoms with E-state index in [1.807, 2.05) is 56.3 Å². The van der Waals surface area contributed by atoms with Gasteiger partial charge in [0.05, 0.1) is 5.92 Å². The van der Waals surface area contributed by atoms with Gasteiger partial charge in [0.1, 0.15) is 5.75 Å². The van der Waals surface area contributed by atoms with Crippen molar-refractivity contribution in [2.24, 2.45) is 5.92 Å². The number of anilines is 1. The lowest BCUT2D eigenvalue weighted by molar-refractivity contribution is -0.139. The summed E-state index contributed by atoms with van der Waals surface area (Å²) >= 11 is 0. The van der Waals surface area contributed by atoms with Crippen LogP contribution in [0.25, 0.3) is 0 Å². The predicted octanol–water partition coefficient (Wildman–Crippen LogP) is 4.78. The molecule has 0 N–H and O–H groups in total. The number of hydrogen-bond acceptors (Lipinski definition) is 3. The van der Waals surface area contributed by atoms with E-state index in [0.29, 0.717) is 18.2 Å². The van der Waals surface area contributed by atoms with Crippen molar-refractivity contribution >= 4 is 17.6 Å². The van der Waals surface area contributed by atoms with Crippen molar-refractivity contribution in [1.29, 1.82) is 0 Å². The van der Waals surface area contributed by atoms with Crippen molar-refractivity contribution in [2.45, 2.75) is 46.5 Å². The van der Waals surface area contributed by atoms with Crippen molar-refractivity contribution in [3.63, 3.8) is 0 Å². The Balaban J connectivity index is 1.76. The molecule has 1 fully saturated rings. The molecule has 0 aliphatic carbocycles. The Bertz CT molecular complexity index is 858. The SMILES string of the molecule is CC[C@@H](C)c1ccccc1OC(=O)[C@H]1CC(=O)N(c2cc(C)ccc2C)C1. The smallest absolute Gasteiger partial charge is 0.316 e. The van der Waals surface area contributed by atoms with E-state index in [0.717, 1.165) is 28.8 Å². The minimum atomic E-state index is -0.442. The molecule has 4 heteroatoms. The fraction of sp³-hybridized carbons (Fsp3) is 0.391. The molecule has 1 amide bonds. The van der Waals surface area contributed by atoms with E-state index in [4.69, 9.17) is 4.74 Å². The van der Waals surface area contributed by atoms with Gasteiger partial charge in [0.2, 0.25) is 5.91 Å². The standard InChI is InChI=1S/C23H27NO3/c1-5-16(3)19-8-6-7-9-21(19)27-23(26)18-13-22(25)24(14-18)20-12-15(2)10-11-17(20)4/h6-12,16,18H,5,13-14H2,1-4H3/t16-,18+/m1/s1. The van der Waals surface area contributed by atoms with E-state index in [2.05, 4.69) is 13.8 Å². The van der Waals surface area contributed by atoms with Crippen LogP contribution in [0.1, 0.15) is 49.3 Å². The summed E-state index contributed by atoms with van der Waals surface area (Å²) in [6.07, 6.45) is 1.16. The summed E-state index contributed by atoms with van der Waals surface area (Å²) in [4.78, 5) is 27.0. The van der Waals surface area contributed by atoms with Gasteiger partial charge < -0.3 is 9.64 Å². The predicted molar refractivity (Wildman–Crippen MR) is 107 cm³/mol. The summed E-state index contributed by atoms with van der Waals surface area (Å²) in [7, 11) is 0. The van der Waals surface area contributed by atoms with Crippen molar-refractivity contribution in [3.8, 4) is 5.75 Å². The lowest BCUT2D eigenvalue weighted by atomic mass is 9.98. The Morgan fingerprint density at radius 1 is 1.22 bits per heavy atom.